The van der Waals surface area contributed by atoms with Crippen LogP contribution >= 0.6 is 35.3 Å². The molecule has 9 heteroatoms. The number of sulfonamides is 1. The molecule has 0 amide bonds. The lowest BCUT2D eigenvalue weighted by Crippen LogP contribution is -2.39. The number of nitrogens with zero attached hydrogens (tertiary/aromatic N) is 1. The van der Waals surface area contributed by atoms with Gasteiger partial charge in [0.05, 0.1) is 5.75 Å². The minimum atomic E-state index is -3.10. The summed E-state index contributed by atoms with van der Waals surface area (Å²) < 4.78 is 25.2. The third-order valence-corrected chi connectivity index (χ3v) is 5.43. The SMILES string of the molecule is CCNC(=NCC(C)c1ccsc1)NCCCNS(=O)(=O)CC.I. The Morgan fingerprint density at radius 1 is 1.29 bits per heavy atom. The summed E-state index contributed by atoms with van der Waals surface area (Å²) >= 11 is 1.70. The van der Waals surface area contributed by atoms with Crippen molar-refractivity contribution in [2.24, 2.45) is 4.99 Å². The van der Waals surface area contributed by atoms with Crippen LogP contribution in [0.5, 0.6) is 0 Å². The Morgan fingerprint density at radius 3 is 2.62 bits per heavy atom. The fraction of sp³-hybridized carbons (Fsp3) is 0.667. The van der Waals surface area contributed by atoms with Gasteiger partial charge in [-0.15, -0.1) is 24.0 Å². The molecule has 3 N–H and O–H groups in total. The van der Waals surface area contributed by atoms with Gasteiger partial charge in [-0.3, -0.25) is 4.99 Å². The molecule has 0 aliphatic carbocycles. The summed E-state index contributed by atoms with van der Waals surface area (Å²) in [6, 6.07) is 2.13. The number of hydrogen-bond donors (Lipinski definition) is 3. The molecular formula is C15H29IN4O2S2. The fourth-order valence-electron chi connectivity index (χ4n) is 1.86. The summed E-state index contributed by atoms with van der Waals surface area (Å²) in [4.78, 5) is 4.59. The summed E-state index contributed by atoms with van der Waals surface area (Å²) in [7, 11) is -3.10. The van der Waals surface area contributed by atoms with Crippen LogP contribution in [0.3, 0.4) is 0 Å². The van der Waals surface area contributed by atoms with E-state index in [1.807, 2.05) is 6.92 Å². The van der Waals surface area contributed by atoms with Crippen molar-refractivity contribution in [1.29, 1.82) is 0 Å². The van der Waals surface area contributed by atoms with Gasteiger partial charge in [0.15, 0.2) is 5.96 Å². The van der Waals surface area contributed by atoms with Crippen LogP contribution in [-0.2, 0) is 10.0 Å². The molecule has 1 aromatic rings. The molecule has 0 bridgehead atoms. The van der Waals surface area contributed by atoms with E-state index in [9.17, 15) is 8.42 Å². The lowest BCUT2D eigenvalue weighted by molar-refractivity contribution is 0.579. The van der Waals surface area contributed by atoms with Gasteiger partial charge < -0.3 is 10.6 Å². The minimum Gasteiger partial charge on any atom is -0.357 e. The van der Waals surface area contributed by atoms with Crippen molar-refractivity contribution >= 4 is 51.3 Å². The van der Waals surface area contributed by atoms with Crippen molar-refractivity contribution in [3.8, 4) is 0 Å². The Kier molecular flexibility index (Phi) is 12.7. The highest BCUT2D eigenvalue weighted by atomic mass is 127. The molecule has 0 fully saturated rings. The average molecular weight is 488 g/mol. The first-order valence-corrected chi connectivity index (χ1v) is 10.6. The van der Waals surface area contributed by atoms with Crippen LogP contribution in [-0.4, -0.2) is 46.3 Å². The summed E-state index contributed by atoms with van der Waals surface area (Å²) in [5, 5.41) is 10.7. The highest BCUT2D eigenvalue weighted by Gasteiger charge is 2.07. The van der Waals surface area contributed by atoms with Crippen LogP contribution in [0.2, 0.25) is 0 Å². The molecule has 0 aromatic carbocycles. The van der Waals surface area contributed by atoms with Crippen molar-refractivity contribution in [1.82, 2.24) is 15.4 Å². The lowest BCUT2D eigenvalue weighted by Gasteiger charge is -2.13. The smallest absolute Gasteiger partial charge is 0.211 e. The molecule has 24 heavy (non-hydrogen) atoms. The highest BCUT2D eigenvalue weighted by molar-refractivity contribution is 14.0. The van der Waals surface area contributed by atoms with Crippen molar-refractivity contribution < 1.29 is 8.42 Å². The topological polar surface area (TPSA) is 82.6 Å². The molecule has 140 valence electrons. The van der Waals surface area contributed by atoms with Gasteiger partial charge in [0, 0.05) is 32.1 Å². The molecule has 0 aliphatic heterocycles. The van der Waals surface area contributed by atoms with Crippen molar-refractivity contribution in [3.05, 3.63) is 22.4 Å². The van der Waals surface area contributed by atoms with Crippen LogP contribution in [0.4, 0.5) is 0 Å². The zero-order valence-electron chi connectivity index (χ0n) is 14.5. The molecule has 1 rings (SSSR count). The standard InChI is InChI=1S/C15H28N4O2S2.HI/c1-4-16-15(17-8-6-9-19-23(20,21)5-2)18-11-13(3)14-7-10-22-12-14;/h7,10,12-13,19H,4-6,8-9,11H2,1-3H3,(H2,16,17,18);1H. The molecule has 0 radical (unpaired) electrons. The maximum absolute atomic E-state index is 11.3. The average Bonchev–Trinajstić information content (AvgIpc) is 3.06. The Labute approximate surface area is 167 Å². The Bertz CT molecular complexity index is 562. The van der Waals surface area contributed by atoms with E-state index >= 15 is 0 Å². The minimum absolute atomic E-state index is 0. The van der Waals surface area contributed by atoms with Crippen molar-refractivity contribution in [2.75, 3.05) is 31.9 Å². The number of rotatable bonds is 10. The van der Waals surface area contributed by atoms with E-state index in [1.54, 1.807) is 18.3 Å². The maximum atomic E-state index is 11.3. The number of halogens is 1. The second kappa shape index (κ2) is 12.9. The van der Waals surface area contributed by atoms with Gasteiger partial charge >= 0.3 is 0 Å². The maximum Gasteiger partial charge on any atom is 0.211 e. The summed E-state index contributed by atoms with van der Waals surface area (Å²) in [5.41, 5.74) is 1.31. The number of hydrogen-bond acceptors (Lipinski definition) is 4. The Morgan fingerprint density at radius 2 is 2.04 bits per heavy atom. The van der Waals surface area contributed by atoms with E-state index in [0.29, 0.717) is 32.0 Å². The molecule has 1 unspecified atom stereocenters. The molecule has 0 spiro atoms. The van der Waals surface area contributed by atoms with Gasteiger partial charge in [0.25, 0.3) is 0 Å². The van der Waals surface area contributed by atoms with Crippen LogP contribution in [0.25, 0.3) is 0 Å². The number of thiophene rings is 1. The molecule has 1 aromatic heterocycles. The third kappa shape index (κ3) is 9.80. The number of aliphatic imine (C=N–C) groups is 1. The number of guanidine groups is 1. The fourth-order valence-corrected chi connectivity index (χ4v) is 3.30. The molecule has 1 heterocycles. The highest BCUT2D eigenvalue weighted by Crippen LogP contribution is 2.18. The van der Waals surface area contributed by atoms with Crippen LogP contribution < -0.4 is 15.4 Å². The first-order chi connectivity index (χ1) is 11.0. The third-order valence-electron chi connectivity index (χ3n) is 3.33. The Balaban J connectivity index is 0.00000529. The zero-order valence-corrected chi connectivity index (χ0v) is 18.5. The van der Waals surface area contributed by atoms with Gasteiger partial charge in [-0.2, -0.15) is 11.3 Å². The summed E-state index contributed by atoms with van der Waals surface area (Å²) in [6.07, 6.45) is 0.712. The molecule has 0 aliphatic rings. The Hall–Kier alpha value is -0.390. The van der Waals surface area contributed by atoms with E-state index in [0.717, 1.165) is 12.5 Å². The number of nitrogens with one attached hydrogen (secondary N) is 3. The van der Waals surface area contributed by atoms with Crippen LogP contribution in [0.15, 0.2) is 21.8 Å². The predicted octanol–water partition coefficient (Wildman–Crippen LogP) is 2.35. The van der Waals surface area contributed by atoms with E-state index in [-0.39, 0.29) is 29.7 Å². The summed E-state index contributed by atoms with van der Waals surface area (Å²) in [5.74, 6) is 1.27. The lowest BCUT2D eigenvalue weighted by atomic mass is 10.1. The van der Waals surface area contributed by atoms with Gasteiger partial charge in [0.2, 0.25) is 10.0 Å². The predicted molar refractivity (Wildman–Crippen MR) is 114 cm³/mol. The molecule has 1 atom stereocenters. The van der Waals surface area contributed by atoms with Crippen molar-refractivity contribution in [2.45, 2.75) is 33.1 Å². The van der Waals surface area contributed by atoms with Gasteiger partial charge in [-0.25, -0.2) is 13.1 Å². The molecular weight excluding hydrogens is 459 g/mol. The van der Waals surface area contributed by atoms with Crippen LogP contribution in [0.1, 0.15) is 38.7 Å². The van der Waals surface area contributed by atoms with E-state index in [2.05, 4.69) is 44.1 Å². The second-order valence-electron chi connectivity index (χ2n) is 5.26. The molecule has 0 saturated carbocycles. The van der Waals surface area contributed by atoms with Gasteiger partial charge in [-0.05, 0) is 42.7 Å². The van der Waals surface area contributed by atoms with E-state index < -0.39 is 10.0 Å². The normalized spacial score (nSPS) is 13.2. The monoisotopic (exact) mass is 488 g/mol. The molecule has 0 saturated heterocycles. The van der Waals surface area contributed by atoms with Gasteiger partial charge in [0.1, 0.15) is 0 Å². The van der Waals surface area contributed by atoms with E-state index in [1.165, 1.54) is 5.56 Å². The molecule has 6 nitrogen and oxygen atoms in total. The first kappa shape index (κ1) is 23.6. The van der Waals surface area contributed by atoms with Gasteiger partial charge in [-0.1, -0.05) is 6.92 Å². The zero-order chi connectivity index (χ0) is 17.1. The van der Waals surface area contributed by atoms with Crippen molar-refractivity contribution in [3.63, 3.8) is 0 Å². The summed E-state index contributed by atoms with van der Waals surface area (Å²) in [6.45, 7) is 8.43. The van der Waals surface area contributed by atoms with Crippen LogP contribution in [0, 0.1) is 0 Å². The second-order valence-corrected chi connectivity index (χ2v) is 8.13. The van der Waals surface area contributed by atoms with E-state index in [4.69, 9.17) is 0 Å². The largest absolute Gasteiger partial charge is 0.357 e. The first-order valence-electron chi connectivity index (χ1n) is 8.00. The quantitative estimate of drug-likeness (QED) is 0.204.